The number of rotatable bonds is 4. The van der Waals surface area contributed by atoms with Gasteiger partial charge >= 0.3 is 0 Å². The fraction of sp³-hybridized carbons (Fsp3) is 0.692. The van der Waals surface area contributed by atoms with Gasteiger partial charge in [-0.1, -0.05) is 27.7 Å². The Hall–Kier alpha value is -0.430. The van der Waals surface area contributed by atoms with E-state index in [1.165, 1.54) is 0 Å². The van der Waals surface area contributed by atoms with Crippen molar-refractivity contribution in [3.8, 4) is 0 Å². The van der Waals surface area contributed by atoms with Crippen molar-refractivity contribution in [3.63, 3.8) is 0 Å². The van der Waals surface area contributed by atoms with Gasteiger partial charge in [-0.15, -0.1) is 11.3 Å². The molecule has 0 aliphatic heterocycles. The number of aliphatic hydroxyl groups is 1. The zero-order valence-corrected chi connectivity index (χ0v) is 13.6. The van der Waals surface area contributed by atoms with Gasteiger partial charge < -0.3 is 5.11 Å². The van der Waals surface area contributed by atoms with E-state index >= 15 is 0 Å². The van der Waals surface area contributed by atoms with Crippen molar-refractivity contribution in [2.75, 3.05) is 0 Å². The summed E-state index contributed by atoms with van der Waals surface area (Å²) in [6.07, 6.45) is 0. The molecule has 0 spiro atoms. The van der Waals surface area contributed by atoms with Crippen LogP contribution in [0.25, 0.3) is 0 Å². The van der Waals surface area contributed by atoms with Crippen molar-refractivity contribution in [1.82, 2.24) is 4.72 Å². The van der Waals surface area contributed by atoms with Crippen LogP contribution >= 0.6 is 11.3 Å². The smallest absolute Gasteiger partial charge is 0.250 e. The van der Waals surface area contributed by atoms with E-state index < -0.39 is 10.0 Å². The van der Waals surface area contributed by atoms with Gasteiger partial charge in [0.15, 0.2) is 0 Å². The predicted octanol–water partition coefficient (Wildman–Crippen LogP) is 2.26. The molecule has 0 unspecified atom stereocenters. The molecular weight excluding hydrogens is 282 g/mol. The van der Waals surface area contributed by atoms with Crippen molar-refractivity contribution in [2.45, 2.75) is 51.5 Å². The number of nitrogens with one attached hydrogen (secondary N) is 1. The molecule has 0 amide bonds. The molecule has 4 nitrogen and oxygen atoms in total. The molecule has 19 heavy (non-hydrogen) atoms. The van der Waals surface area contributed by atoms with E-state index in [4.69, 9.17) is 5.11 Å². The monoisotopic (exact) mass is 303 g/mol. The molecule has 2 rings (SSSR count). The minimum Gasteiger partial charge on any atom is -0.391 e. The molecule has 1 saturated carbocycles. The lowest BCUT2D eigenvalue weighted by Gasteiger charge is -2.06. The molecule has 1 aliphatic carbocycles. The van der Waals surface area contributed by atoms with E-state index in [1.54, 1.807) is 6.07 Å². The SMILES string of the molecule is Cc1cc(S(=O)(=O)NC2C(C)(C)C2(C)C)sc1CO. The number of thiophene rings is 1. The molecule has 6 heteroatoms. The van der Waals surface area contributed by atoms with Crippen molar-refractivity contribution < 1.29 is 13.5 Å². The Morgan fingerprint density at radius 3 is 2.21 bits per heavy atom. The Morgan fingerprint density at radius 1 is 1.32 bits per heavy atom. The van der Waals surface area contributed by atoms with Gasteiger partial charge in [0.05, 0.1) is 6.61 Å². The highest BCUT2D eigenvalue weighted by Crippen LogP contribution is 2.63. The third kappa shape index (κ3) is 2.24. The summed E-state index contributed by atoms with van der Waals surface area (Å²) >= 11 is 1.14. The van der Waals surface area contributed by atoms with Crippen LogP contribution in [0.4, 0.5) is 0 Å². The molecule has 1 fully saturated rings. The summed E-state index contributed by atoms with van der Waals surface area (Å²) < 4.78 is 27.8. The third-order valence-corrected chi connectivity index (χ3v) is 7.82. The van der Waals surface area contributed by atoms with Crippen LogP contribution in [-0.2, 0) is 16.6 Å². The van der Waals surface area contributed by atoms with E-state index in [9.17, 15) is 8.42 Å². The lowest BCUT2D eigenvalue weighted by molar-refractivity contribution is 0.285. The molecule has 0 aromatic carbocycles. The zero-order valence-electron chi connectivity index (χ0n) is 11.9. The highest BCUT2D eigenvalue weighted by Gasteiger charge is 2.66. The molecule has 0 bridgehead atoms. The van der Waals surface area contributed by atoms with Crippen LogP contribution in [0.2, 0.25) is 0 Å². The van der Waals surface area contributed by atoms with Gasteiger partial charge in [0.25, 0.3) is 0 Å². The number of aliphatic hydroxyl groups excluding tert-OH is 1. The Morgan fingerprint density at radius 2 is 1.84 bits per heavy atom. The van der Waals surface area contributed by atoms with E-state index in [2.05, 4.69) is 32.4 Å². The van der Waals surface area contributed by atoms with Crippen molar-refractivity contribution in [2.24, 2.45) is 10.8 Å². The van der Waals surface area contributed by atoms with Gasteiger partial charge in [0.1, 0.15) is 4.21 Å². The van der Waals surface area contributed by atoms with Gasteiger partial charge in [-0.05, 0) is 29.4 Å². The first-order chi connectivity index (χ1) is 8.54. The van der Waals surface area contributed by atoms with Crippen LogP contribution in [-0.4, -0.2) is 19.6 Å². The third-order valence-electron chi connectivity index (χ3n) is 4.70. The van der Waals surface area contributed by atoms with E-state index in [0.717, 1.165) is 16.9 Å². The second kappa shape index (κ2) is 4.28. The van der Waals surface area contributed by atoms with Crippen LogP contribution in [0.3, 0.4) is 0 Å². The number of hydrogen-bond donors (Lipinski definition) is 2. The second-order valence-electron chi connectivity index (χ2n) is 6.33. The molecule has 1 heterocycles. The van der Waals surface area contributed by atoms with Gasteiger partial charge in [-0.3, -0.25) is 0 Å². The van der Waals surface area contributed by atoms with Crippen LogP contribution in [0.5, 0.6) is 0 Å². The number of aryl methyl sites for hydroxylation is 1. The second-order valence-corrected chi connectivity index (χ2v) is 9.40. The Kier molecular flexibility index (Phi) is 3.37. The predicted molar refractivity (Wildman–Crippen MR) is 76.7 cm³/mol. The van der Waals surface area contributed by atoms with E-state index in [1.807, 2.05) is 6.92 Å². The highest BCUT2D eigenvalue weighted by atomic mass is 32.2. The van der Waals surface area contributed by atoms with E-state index in [-0.39, 0.29) is 27.7 Å². The van der Waals surface area contributed by atoms with Crippen molar-refractivity contribution in [1.29, 1.82) is 0 Å². The number of sulfonamides is 1. The first-order valence-corrected chi connectivity index (χ1v) is 8.56. The van der Waals surface area contributed by atoms with E-state index in [0.29, 0.717) is 4.88 Å². The largest absolute Gasteiger partial charge is 0.391 e. The number of hydrogen-bond acceptors (Lipinski definition) is 4. The maximum absolute atomic E-state index is 12.4. The van der Waals surface area contributed by atoms with Crippen molar-refractivity contribution in [3.05, 3.63) is 16.5 Å². The van der Waals surface area contributed by atoms with Crippen LogP contribution in [0.15, 0.2) is 10.3 Å². The molecule has 1 aromatic rings. The molecule has 0 saturated heterocycles. The molecule has 2 N–H and O–H groups in total. The van der Waals surface area contributed by atoms with Gasteiger partial charge in [0.2, 0.25) is 10.0 Å². The first kappa shape index (κ1) is 15.0. The standard InChI is InChI=1S/C13H21NO3S2/c1-8-6-10(18-9(8)7-15)19(16,17)14-11-12(2,3)13(11,4)5/h6,11,14-15H,7H2,1-5H3. The van der Waals surface area contributed by atoms with Crippen LogP contribution in [0, 0.1) is 17.8 Å². The average Bonchev–Trinajstić information content (AvgIpc) is 2.65. The summed E-state index contributed by atoms with van der Waals surface area (Å²) in [5.41, 5.74) is 0.750. The summed E-state index contributed by atoms with van der Waals surface area (Å²) in [7, 11) is -3.49. The molecule has 108 valence electrons. The lowest BCUT2D eigenvalue weighted by Crippen LogP contribution is -2.29. The zero-order chi connectivity index (χ0) is 14.6. The van der Waals surface area contributed by atoms with Gasteiger partial charge in [-0.2, -0.15) is 0 Å². The molecule has 1 aliphatic rings. The minimum absolute atomic E-state index is 0.0355. The molecular formula is C13H21NO3S2. The van der Waals surface area contributed by atoms with Crippen LogP contribution < -0.4 is 4.72 Å². The van der Waals surface area contributed by atoms with Crippen molar-refractivity contribution >= 4 is 21.4 Å². The first-order valence-electron chi connectivity index (χ1n) is 6.26. The summed E-state index contributed by atoms with van der Waals surface area (Å²) in [6.45, 7) is 9.97. The summed E-state index contributed by atoms with van der Waals surface area (Å²) in [5.74, 6) is 0. The Labute approximate surface area is 118 Å². The molecule has 0 atom stereocenters. The van der Waals surface area contributed by atoms with Gasteiger partial charge in [-0.25, -0.2) is 13.1 Å². The minimum atomic E-state index is -3.49. The summed E-state index contributed by atoms with van der Waals surface area (Å²) in [4.78, 5) is 0.703. The normalized spacial score (nSPS) is 21.6. The average molecular weight is 303 g/mol. The molecule has 1 aromatic heterocycles. The summed E-state index contributed by atoms with van der Waals surface area (Å²) in [6, 6.07) is 1.57. The fourth-order valence-corrected chi connectivity index (χ4v) is 5.48. The summed E-state index contributed by atoms with van der Waals surface area (Å²) in [5, 5.41) is 9.15. The maximum Gasteiger partial charge on any atom is 0.250 e. The molecule has 0 radical (unpaired) electrons. The Balaban J connectivity index is 2.25. The highest BCUT2D eigenvalue weighted by molar-refractivity contribution is 7.91. The van der Waals surface area contributed by atoms with Gasteiger partial charge in [0, 0.05) is 10.9 Å². The fourth-order valence-electron chi connectivity index (χ4n) is 2.48. The maximum atomic E-state index is 12.4. The quantitative estimate of drug-likeness (QED) is 0.896. The Bertz CT molecular complexity index is 585. The van der Waals surface area contributed by atoms with Crippen LogP contribution in [0.1, 0.15) is 38.1 Å². The lowest BCUT2D eigenvalue weighted by atomic mass is 10.0. The topological polar surface area (TPSA) is 66.4 Å².